The lowest BCUT2D eigenvalue weighted by Gasteiger charge is -2.21. The summed E-state index contributed by atoms with van der Waals surface area (Å²) in [5, 5.41) is 3.36. The van der Waals surface area contributed by atoms with Gasteiger partial charge in [0.2, 0.25) is 0 Å². The van der Waals surface area contributed by atoms with Gasteiger partial charge < -0.3 is 10.1 Å². The van der Waals surface area contributed by atoms with Crippen molar-refractivity contribution in [2.24, 2.45) is 0 Å². The van der Waals surface area contributed by atoms with Crippen LogP contribution >= 0.6 is 0 Å². The second-order valence-electron chi connectivity index (χ2n) is 4.99. The Morgan fingerprint density at radius 1 is 1.10 bits per heavy atom. The summed E-state index contributed by atoms with van der Waals surface area (Å²) in [6.45, 7) is 2.82. The summed E-state index contributed by atoms with van der Waals surface area (Å²) in [7, 11) is 1.58. The maximum Gasteiger partial charge on any atom is 0.131 e. The van der Waals surface area contributed by atoms with Crippen LogP contribution in [0.2, 0.25) is 0 Å². The van der Waals surface area contributed by atoms with Crippen molar-refractivity contribution in [3.8, 4) is 5.75 Å². The van der Waals surface area contributed by atoms with Gasteiger partial charge in [-0.2, -0.15) is 0 Å². The molecule has 0 radical (unpaired) electrons. The van der Waals surface area contributed by atoms with Crippen LogP contribution in [0.25, 0.3) is 0 Å². The smallest absolute Gasteiger partial charge is 0.131 e. The van der Waals surface area contributed by atoms with Crippen LogP contribution in [0.5, 0.6) is 5.75 Å². The van der Waals surface area contributed by atoms with Gasteiger partial charge in [-0.1, -0.05) is 43.3 Å². The summed E-state index contributed by atoms with van der Waals surface area (Å²) in [6.07, 6.45) is 1.73. The molecule has 2 aromatic carbocycles. The topological polar surface area (TPSA) is 21.3 Å². The lowest BCUT2D eigenvalue weighted by atomic mass is 9.97. The molecule has 2 aromatic rings. The minimum absolute atomic E-state index is 0.0497. The first-order chi connectivity index (χ1) is 10.3. The van der Waals surface area contributed by atoms with Crippen LogP contribution in [0, 0.1) is 5.82 Å². The van der Waals surface area contributed by atoms with E-state index in [2.05, 4.69) is 17.4 Å². The molecule has 0 saturated carbocycles. The zero-order valence-corrected chi connectivity index (χ0v) is 12.6. The van der Waals surface area contributed by atoms with Gasteiger partial charge in [-0.05, 0) is 37.1 Å². The van der Waals surface area contributed by atoms with Crippen molar-refractivity contribution in [1.29, 1.82) is 0 Å². The third-order valence-electron chi connectivity index (χ3n) is 3.60. The number of rotatable bonds is 7. The van der Waals surface area contributed by atoms with Crippen molar-refractivity contribution in [2.45, 2.75) is 25.8 Å². The summed E-state index contributed by atoms with van der Waals surface area (Å²) in [6, 6.07) is 15.2. The number of benzene rings is 2. The third kappa shape index (κ3) is 4.05. The van der Waals surface area contributed by atoms with E-state index in [1.54, 1.807) is 13.2 Å². The number of aryl methyl sites for hydroxylation is 1. The lowest BCUT2D eigenvalue weighted by molar-refractivity contribution is 0.386. The molecule has 0 spiro atoms. The number of hydrogen-bond donors (Lipinski definition) is 1. The van der Waals surface area contributed by atoms with Crippen molar-refractivity contribution in [3.05, 3.63) is 65.5 Å². The maximum absolute atomic E-state index is 14.2. The second-order valence-corrected chi connectivity index (χ2v) is 4.99. The monoisotopic (exact) mass is 287 g/mol. The SMILES string of the molecule is CCNC(CCc1ccccc1)c1c(F)cccc1OC. The van der Waals surface area contributed by atoms with E-state index in [9.17, 15) is 4.39 Å². The first kappa shape index (κ1) is 15.5. The van der Waals surface area contributed by atoms with E-state index in [4.69, 9.17) is 4.74 Å². The van der Waals surface area contributed by atoms with Gasteiger partial charge in [0.15, 0.2) is 0 Å². The molecule has 1 unspecified atom stereocenters. The minimum atomic E-state index is -0.214. The van der Waals surface area contributed by atoms with Gasteiger partial charge in [0, 0.05) is 11.6 Å². The first-order valence-corrected chi connectivity index (χ1v) is 7.36. The Kier molecular flexibility index (Phi) is 5.76. The van der Waals surface area contributed by atoms with E-state index in [0.29, 0.717) is 11.3 Å². The molecule has 3 heteroatoms. The molecule has 0 amide bonds. The van der Waals surface area contributed by atoms with Gasteiger partial charge >= 0.3 is 0 Å². The van der Waals surface area contributed by atoms with E-state index in [1.807, 2.05) is 31.2 Å². The fraction of sp³-hybridized carbons (Fsp3) is 0.333. The zero-order chi connectivity index (χ0) is 15.1. The standard InChI is InChI=1S/C18H22FNO/c1-3-20-16(13-12-14-8-5-4-6-9-14)18-15(19)10-7-11-17(18)21-2/h4-11,16,20H,3,12-13H2,1-2H3. The van der Waals surface area contributed by atoms with E-state index in [0.717, 1.165) is 19.4 Å². The summed E-state index contributed by atoms with van der Waals surface area (Å²) in [4.78, 5) is 0. The molecule has 0 heterocycles. The molecule has 2 rings (SSSR count). The summed E-state index contributed by atoms with van der Waals surface area (Å²) in [5.41, 5.74) is 1.88. The fourth-order valence-corrected chi connectivity index (χ4v) is 2.58. The van der Waals surface area contributed by atoms with Crippen LogP contribution in [0.15, 0.2) is 48.5 Å². The van der Waals surface area contributed by atoms with Gasteiger partial charge in [0.1, 0.15) is 11.6 Å². The molecule has 21 heavy (non-hydrogen) atoms. The Balaban J connectivity index is 2.19. The quantitative estimate of drug-likeness (QED) is 0.827. The predicted molar refractivity (Wildman–Crippen MR) is 84.1 cm³/mol. The summed E-state index contributed by atoms with van der Waals surface area (Å²) < 4.78 is 19.5. The summed E-state index contributed by atoms with van der Waals surface area (Å²) >= 11 is 0. The third-order valence-corrected chi connectivity index (χ3v) is 3.60. The lowest BCUT2D eigenvalue weighted by Crippen LogP contribution is -2.23. The van der Waals surface area contributed by atoms with Crippen molar-refractivity contribution in [1.82, 2.24) is 5.32 Å². The van der Waals surface area contributed by atoms with Crippen LogP contribution in [0.3, 0.4) is 0 Å². The number of methoxy groups -OCH3 is 1. The normalized spacial score (nSPS) is 12.1. The molecule has 0 aliphatic carbocycles. The molecule has 112 valence electrons. The molecular formula is C18H22FNO. The highest BCUT2D eigenvalue weighted by Gasteiger charge is 2.19. The number of ether oxygens (including phenoxy) is 1. The van der Waals surface area contributed by atoms with Crippen LogP contribution in [0.4, 0.5) is 4.39 Å². The van der Waals surface area contributed by atoms with E-state index < -0.39 is 0 Å². The van der Waals surface area contributed by atoms with Gasteiger partial charge in [-0.25, -0.2) is 4.39 Å². The highest BCUT2D eigenvalue weighted by atomic mass is 19.1. The molecule has 1 N–H and O–H groups in total. The Morgan fingerprint density at radius 2 is 1.86 bits per heavy atom. The molecule has 0 saturated heterocycles. The number of hydrogen-bond acceptors (Lipinski definition) is 2. The molecule has 0 aliphatic heterocycles. The Labute approximate surface area is 126 Å². The molecule has 1 atom stereocenters. The largest absolute Gasteiger partial charge is 0.496 e. The Morgan fingerprint density at radius 3 is 2.52 bits per heavy atom. The number of nitrogens with one attached hydrogen (secondary N) is 1. The minimum Gasteiger partial charge on any atom is -0.496 e. The maximum atomic E-state index is 14.2. The predicted octanol–water partition coefficient (Wildman–Crippen LogP) is 4.12. The van der Waals surface area contributed by atoms with E-state index in [-0.39, 0.29) is 11.9 Å². The zero-order valence-electron chi connectivity index (χ0n) is 12.6. The second kappa shape index (κ2) is 7.79. The average molecular weight is 287 g/mol. The molecule has 0 bridgehead atoms. The average Bonchev–Trinajstić information content (AvgIpc) is 2.52. The van der Waals surface area contributed by atoms with Crippen LogP contribution in [-0.2, 0) is 6.42 Å². The van der Waals surface area contributed by atoms with Gasteiger partial charge in [0.25, 0.3) is 0 Å². The molecule has 0 aliphatic rings. The van der Waals surface area contributed by atoms with Crippen LogP contribution in [0.1, 0.15) is 30.5 Å². The van der Waals surface area contributed by atoms with Crippen molar-refractivity contribution >= 4 is 0 Å². The van der Waals surface area contributed by atoms with E-state index in [1.165, 1.54) is 11.6 Å². The first-order valence-electron chi connectivity index (χ1n) is 7.36. The van der Waals surface area contributed by atoms with Gasteiger partial charge in [-0.15, -0.1) is 0 Å². The van der Waals surface area contributed by atoms with Crippen molar-refractivity contribution in [3.63, 3.8) is 0 Å². The Bertz CT molecular complexity index is 556. The number of halogens is 1. The van der Waals surface area contributed by atoms with E-state index >= 15 is 0 Å². The van der Waals surface area contributed by atoms with Gasteiger partial charge in [0.05, 0.1) is 7.11 Å². The van der Waals surface area contributed by atoms with Crippen molar-refractivity contribution < 1.29 is 9.13 Å². The summed E-state index contributed by atoms with van der Waals surface area (Å²) in [5.74, 6) is 0.391. The highest BCUT2D eigenvalue weighted by molar-refractivity contribution is 5.37. The molecule has 0 aromatic heterocycles. The molecule has 0 fully saturated rings. The van der Waals surface area contributed by atoms with Gasteiger partial charge in [-0.3, -0.25) is 0 Å². The highest BCUT2D eigenvalue weighted by Crippen LogP contribution is 2.30. The fourth-order valence-electron chi connectivity index (χ4n) is 2.58. The van der Waals surface area contributed by atoms with Crippen molar-refractivity contribution in [2.75, 3.05) is 13.7 Å². The molecule has 2 nitrogen and oxygen atoms in total. The van der Waals surface area contributed by atoms with Crippen LogP contribution < -0.4 is 10.1 Å². The van der Waals surface area contributed by atoms with Crippen LogP contribution in [-0.4, -0.2) is 13.7 Å². The molecular weight excluding hydrogens is 265 g/mol. The Hall–Kier alpha value is -1.87.